The lowest BCUT2D eigenvalue weighted by molar-refractivity contribution is -0.396. The summed E-state index contributed by atoms with van der Waals surface area (Å²) < 4.78 is 56.8. The Morgan fingerprint density at radius 1 is 1.08 bits per heavy atom. The molecule has 8 rings (SSSR count). The summed E-state index contributed by atoms with van der Waals surface area (Å²) in [6.07, 6.45) is -4.94. The summed E-state index contributed by atoms with van der Waals surface area (Å²) in [4.78, 5) is 70.0. The molecule has 0 radical (unpaired) electrons. The Morgan fingerprint density at radius 3 is 2.54 bits per heavy atom. The fourth-order valence-corrected chi connectivity index (χ4v) is 8.56. The second-order valence-corrected chi connectivity index (χ2v) is 15.6. The lowest BCUT2D eigenvalue weighted by Gasteiger charge is -2.44. The molecule has 2 fully saturated rings. The Labute approximate surface area is 356 Å². The molecule has 1 aromatic heterocycles. The molecule has 0 bridgehead atoms. The number of Topliss-reactive ketones (excluding diaryl/α,β-unsaturated/α-hetero) is 1. The van der Waals surface area contributed by atoms with Crippen molar-refractivity contribution in [1.29, 1.82) is 0 Å². The molecule has 0 spiro atoms. The number of aromatic hydroxyl groups is 2. The van der Waals surface area contributed by atoms with E-state index < -0.39 is 112 Å². The van der Waals surface area contributed by atoms with E-state index in [0.717, 1.165) is 13.0 Å². The average Bonchev–Trinajstić information content (AvgIpc) is 3.48. The summed E-state index contributed by atoms with van der Waals surface area (Å²) in [5.74, 6) is -4.98. The van der Waals surface area contributed by atoms with E-state index in [0.29, 0.717) is 5.69 Å². The number of benzene rings is 3. The molecule has 1 unspecified atom stereocenters. The number of ketones is 3. The van der Waals surface area contributed by atoms with E-state index in [4.69, 9.17) is 33.2 Å². The normalized spacial score (nSPS) is 24.0. The number of hydrogen-bond acceptors (Lipinski definition) is 17. The van der Waals surface area contributed by atoms with Gasteiger partial charge in [-0.3, -0.25) is 19.3 Å². The fraction of sp³-hybridized carbons (Fsp3) is 0.405. The van der Waals surface area contributed by atoms with E-state index in [1.165, 1.54) is 60.2 Å². The number of imidazole rings is 1. The molecule has 4 aliphatic rings. The van der Waals surface area contributed by atoms with Crippen LogP contribution in [0.1, 0.15) is 87.0 Å². The topological polar surface area (TPSA) is 258 Å². The Kier molecular flexibility index (Phi) is 11.4. The zero-order chi connectivity index (χ0) is 45.1. The summed E-state index contributed by atoms with van der Waals surface area (Å²) >= 11 is 0. The summed E-state index contributed by atoms with van der Waals surface area (Å²) in [5, 5.41) is 46.3. The van der Waals surface area contributed by atoms with Crippen molar-refractivity contribution in [1.82, 2.24) is 14.5 Å². The molecule has 1 amide bonds. The monoisotopic (exact) mass is 876 g/mol. The van der Waals surface area contributed by atoms with Gasteiger partial charge in [0.25, 0.3) is 0 Å². The Morgan fingerprint density at radius 2 is 1.84 bits per heavy atom. The Hall–Kier alpha value is -6.52. The Bertz CT molecular complexity index is 2560. The highest BCUT2D eigenvalue weighted by molar-refractivity contribution is 6.31. The second-order valence-electron chi connectivity index (χ2n) is 15.6. The molecule has 21 heteroatoms. The predicted octanol–water partition coefficient (Wildman–Crippen LogP) is 4.04. The molecular formula is C42H41FN4O16. The molecule has 63 heavy (non-hydrogen) atoms. The van der Waals surface area contributed by atoms with Crippen molar-refractivity contribution in [3.8, 4) is 23.0 Å². The quantitative estimate of drug-likeness (QED) is 0.102. The van der Waals surface area contributed by atoms with Crippen LogP contribution in [0.5, 0.6) is 23.0 Å². The molecule has 332 valence electrons. The zero-order valence-corrected chi connectivity index (χ0v) is 34.2. The number of phenolic OH excluding ortho intramolecular Hbond substituents is 2. The number of nitrogens with zero attached hydrogens (tertiary/aromatic N) is 4. The maximum Gasteiger partial charge on any atom is 0.434 e. The van der Waals surface area contributed by atoms with Crippen LogP contribution in [0.3, 0.4) is 0 Å². The molecule has 2 aliphatic heterocycles. The first-order valence-electron chi connectivity index (χ1n) is 19.6. The number of methoxy groups -OCH3 is 1. The largest absolute Gasteiger partial charge is 0.507 e. The van der Waals surface area contributed by atoms with E-state index in [-0.39, 0.29) is 72.5 Å². The van der Waals surface area contributed by atoms with Crippen molar-refractivity contribution < 1.29 is 77.0 Å². The van der Waals surface area contributed by atoms with Crippen molar-refractivity contribution in [2.24, 2.45) is 7.05 Å². The molecule has 2 aliphatic carbocycles. The van der Waals surface area contributed by atoms with Crippen molar-refractivity contribution in [3.63, 3.8) is 0 Å². The summed E-state index contributed by atoms with van der Waals surface area (Å²) in [5.41, 5.74) is -3.08. The van der Waals surface area contributed by atoms with Crippen LogP contribution in [-0.2, 0) is 55.2 Å². The van der Waals surface area contributed by atoms with E-state index in [9.17, 15) is 44.6 Å². The van der Waals surface area contributed by atoms with Crippen molar-refractivity contribution in [2.75, 3.05) is 20.6 Å². The van der Waals surface area contributed by atoms with Gasteiger partial charge in [-0.25, -0.2) is 13.8 Å². The van der Waals surface area contributed by atoms with E-state index in [1.807, 2.05) is 0 Å². The number of carbonyl (C=O) groups is 4. The van der Waals surface area contributed by atoms with Crippen molar-refractivity contribution in [3.05, 3.63) is 103 Å². The molecule has 6 atom stereocenters. The number of aromatic nitrogens is 2. The van der Waals surface area contributed by atoms with Gasteiger partial charge in [-0.15, -0.1) is 0 Å². The van der Waals surface area contributed by atoms with Gasteiger partial charge in [0.15, 0.2) is 35.1 Å². The van der Waals surface area contributed by atoms with Gasteiger partial charge in [0.2, 0.25) is 5.78 Å². The molecule has 4 aromatic rings. The second kappa shape index (κ2) is 16.6. The fourth-order valence-electron chi connectivity index (χ4n) is 8.56. The van der Waals surface area contributed by atoms with Gasteiger partial charge < -0.3 is 58.6 Å². The molecular weight excluding hydrogens is 835 g/mol. The number of halogens is 1. The van der Waals surface area contributed by atoms with Crippen LogP contribution < -0.4 is 9.47 Å². The minimum atomic E-state index is -2.15. The summed E-state index contributed by atoms with van der Waals surface area (Å²) in [7, 11) is 2.74. The number of carbonyl (C=O) groups excluding carboxylic acids is 4. The molecule has 3 N–H and O–H groups in total. The number of fused-ring (bicyclic) bond motifs is 4. The highest BCUT2D eigenvalue weighted by Gasteiger charge is 2.51. The SMILES string of the molecule is COc1cccc2c1C(=O)c1c(O)c3c(c(O)c1C2=O)C[C@@](O)(C(C)=O)C[C@@H]3O[C@H]1CC2[C@H](OCOCN2C(=O)OCc2ccc(OCc3cnc([N+](=O)[O-])n3C)c(F)c2)[C@H](C)O1. The molecule has 2 saturated heterocycles. The number of phenols is 2. The standard InChI is InChI=1S/C42H41FN4O16/c1-19-39-26(46(17-58-18-61-39)41(53)60-15-21-8-9-27(25(43)10-21)59-16-22-14-44-40(45(22)3)47(55)56)11-30(62-19)63-29-13-42(54,20(2)48)12-24-32(29)38(52)34-33(36(24)50)35(49)23-6-5-7-28(57-4)31(23)37(34)51/h5-10,14,19,26,29-30,39,50,52,54H,11-13,15-18H2,1-4H3/t19-,26?,29-,30-,39+,42-/m0/s1. The lowest BCUT2D eigenvalue weighted by Crippen LogP contribution is -2.57. The van der Waals surface area contributed by atoms with Crippen LogP contribution in [0.25, 0.3) is 0 Å². The highest BCUT2D eigenvalue weighted by atomic mass is 19.1. The van der Waals surface area contributed by atoms with Gasteiger partial charge in [0, 0.05) is 36.0 Å². The third-order valence-corrected chi connectivity index (χ3v) is 11.9. The van der Waals surface area contributed by atoms with Gasteiger partial charge in [-0.1, -0.05) is 23.2 Å². The number of nitro groups is 1. The lowest BCUT2D eigenvalue weighted by atomic mass is 9.72. The summed E-state index contributed by atoms with van der Waals surface area (Å²) in [6.45, 7) is 1.69. The van der Waals surface area contributed by atoms with Crippen LogP contribution >= 0.6 is 0 Å². The van der Waals surface area contributed by atoms with Crippen LogP contribution in [-0.4, -0.2) is 109 Å². The van der Waals surface area contributed by atoms with Gasteiger partial charge in [0.05, 0.1) is 49.1 Å². The third kappa shape index (κ3) is 7.60. The number of hydrogen-bond donors (Lipinski definition) is 3. The molecule has 3 aromatic carbocycles. The first-order chi connectivity index (χ1) is 30.0. The summed E-state index contributed by atoms with van der Waals surface area (Å²) in [6, 6.07) is 7.39. The van der Waals surface area contributed by atoms with Gasteiger partial charge in [-0.2, -0.15) is 0 Å². The number of ether oxygens (including phenoxy) is 7. The maximum atomic E-state index is 15.1. The van der Waals surface area contributed by atoms with Crippen molar-refractivity contribution >= 4 is 29.4 Å². The molecule has 0 saturated carbocycles. The molecule has 3 heterocycles. The zero-order valence-electron chi connectivity index (χ0n) is 34.2. The van der Waals surface area contributed by atoms with E-state index in [1.54, 1.807) is 6.92 Å². The molecule has 20 nitrogen and oxygen atoms in total. The van der Waals surface area contributed by atoms with Gasteiger partial charge >= 0.3 is 12.0 Å². The third-order valence-electron chi connectivity index (χ3n) is 11.9. The average molecular weight is 877 g/mol. The Balaban J connectivity index is 1.02. The number of amides is 1. The van der Waals surface area contributed by atoms with Crippen LogP contribution in [0.2, 0.25) is 0 Å². The van der Waals surface area contributed by atoms with Crippen LogP contribution in [0.4, 0.5) is 15.1 Å². The smallest absolute Gasteiger partial charge is 0.434 e. The van der Waals surface area contributed by atoms with Gasteiger partial charge in [0.1, 0.15) is 61.9 Å². The van der Waals surface area contributed by atoms with Crippen LogP contribution in [0.15, 0.2) is 42.6 Å². The highest BCUT2D eigenvalue weighted by Crippen LogP contribution is 2.52. The predicted molar refractivity (Wildman–Crippen MR) is 208 cm³/mol. The van der Waals surface area contributed by atoms with Crippen molar-refractivity contribution in [2.45, 2.75) is 82.6 Å². The minimum absolute atomic E-state index is 0.0639. The van der Waals surface area contributed by atoms with Gasteiger partial charge in [-0.05, 0) is 42.5 Å². The first kappa shape index (κ1) is 43.1. The number of aliphatic hydroxyl groups is 1. The maximum absolute atomic E-state index is 15.1. The van der Waals surface area contributed by atoms with Crippen LogP contribution in [0, 0.1) is 15.9 Å². The van der Waals surface area contributed by atoms with E-state index >= 15 is 4.39 Å². The minimum Gasteiger partial charge on any atom is -0.507 e. The first-order valence-corrected chi connectivity index (χ1v) is 19.6. The number of rotatable bonds is 10. The van der Waals surface area contributed by atoms with E-state index in [2.05, 4.69) is 4.98 Å².